The van der Waals surface area contributed by atoms with Crippen molar-refractivity contribution in [1.29, 1.82) is 0 Å². The van der Waals surface area contributed by atoms with Gasteiger partial charge in [-0.3, -0.25) is 4.79 Å². The van der Waals surface area contributed by atoms with Crippen molar-refractivity contribution in [3.63, 3.8) is 0 Å². The number of Topliss-reactive ketones (excluding diaryl/α,β-unsaturated/α-hetero) is 1. The lowest BCUT2D eigenvalue weighted by atomic mass is 9.85. The summed E-state index contributed by atoms with van der Waals surface area (Å²) in [6.45, 7) is 1.51. The van der Waals surface area contributed by atoms with Gasteiger partial charge in [0, 0.05) is 16.8 Å². The molecule has 0 fully saturated rings. The molecule has 3 N–H and O–H groups in total. The van der Waals surface area contributed by atoms with E-state index in [1.807, 2.05) is 18.2 Å². The molecular weight excluding hydrogens is 334 g/mol. The molecule has 0 spiro atoms. The summed E-state index contributed by atoms with van der Waals surface area (Å²) < 4.78 is 5.29. The molecule has 26 heavy (non-hydrogen) atoms. The molecule has 0 bridgehead atoms. The molecule has 2 aromatic carbocycles. The number of esters is 1. The predicted octanol–water partition coefficient (Wildman–Crippen LogP) is 1.38. The van der Waals surface area contributed by atoms with E-state index in [1.165, 1.54) is 13.0 Å². The molecule has 0 saturated carbocycles. The van der Waals surface area contributed by atoms with Crippen LogP contribution in [0.25, 0.3) is 0 Å². The highest BCUT2D eigenvalue weighted by Gasteiger charge is 2.70. The molecule has 6 nitrogen and oxygen atoms in total. The summed E-state index contributed by atoms with van der Waals surface area (Å²) in [6, 6.07) is 15.4. The van der Waals surface area contributed by atoms with Crippen LogP contribution in [0, 0.1) is 0 Å². The number of carbonyl (C=O) groups excluding carboxylic acids is 2. The molecule has 2 aliphatic rings. The number of allylic oxidation sites excluding steroid dienone is 1. The van der Waals surface area contributed by atoms with Gasteiger partial charge in [0.2, 0.25) is 17.1 Å². The van der Waals surface area contributed by atoms with Crippen LogP contribution in [-0.4, -0.2) is 27.6 Å². The highest BCUT2D eigenvalue weighted by atomic mass is 16.5. The molecule has 0 aromatic heterocycles. The topological polar surface area (TPSA) is 95.9 Å². The first-order chi connectivity index (χ1) is 12.4. The van der Waals surface area contributed by atoms with Crippen LogP contribution < -0.4 is 5.32 Å². The van der Waals surface area contributed by atoms with E-state index in [4.69, 9.17) is 4.74 Å². The predicted molar refractivity (Wildman–Crippen MR) is 91.7 cm³/mol. The van der Waals surface area contributed by atoms with E-state index in [0.29, 0.717) is 0 Å². The SMILES string of the molecule is CC1=C(C(=O)OCc2ccccc2)[C@@]2(O)C(=O)c3ccccc3[C@@]2(O)N1. The first-order valence-corrected chi connectivity index (χ1v) is 8.19. The van der Waals surface area contributed by atoms with Crippen LogP contribution >= 0.6 is 0 Å². The van der Waals surface area contributed by atoms with Gasteiger partial charge >= 0.3 is 5.97 Å². The molecule has 0 radical (unpaired) electrons. The highest BCUT2D eigenvalue weighted by Crippen LogP contribution is 2.51. The molecule has 1 heterocycles. The highest BCUT2D eigenvalue weighted by molar-refractivity contribution is 6.16. The Hall–Kier alpha value is -2.96. The van der Waals surface area contributed by atoms with Gasteiger partial charge in [-0.25, -0.2) is 4.79 Å². The smallest absolute Gasteiger partial charge is 0.339 e. The Balaban J connectivity index is 1.69. The molecular formula is C20H17NO5. The van der Waals surface area contributed by atoms with E-state index in [9.17, 15) is 19.8 Å². The molecule has 4 rings (SSSR count). The third kappa shape index (κ3) is 2.00. The number of nitrogens with one attached hydrogen (secondary N) is 1. The average Bonchev–Trinajstić information content (AvgIpc) is 2.95. The summed E-state index contributed by atoms with van der Waals surface area (Å²) in [4.78, 5) is 25.5. The minimum Gasteiger partial charge on any atom is -0.457 e. The second-order valence-corrected chi connectivity index (χ2v) is 6.48. The van der Waals surface area contributed by atoms with Crippen molar-refractivity contribution < 1.29 is 24.5 Å². The maximum Gasteiger partial charge on any atom is 0.339 e. The Bertz CT molecular complexity index is 952. The van der Waals surface area contributed by atoms with Crippen LogP contribution in [0.2, 0.25) is 0 Å². The molecule has 132 valence electrons. The lowest BCUT2D eigenvalue weighted by Crippen LogP contribution is -2.56. The number of aliphatic hydroxyl groups is 2. The average molecular weight is 351 g/mol. The van der Waals surface area contributed by atoms with Crippen molar-refractivity contribution in [2.75, 3.05) is 0 Å². The Kier molecular flexibility index (Phi) is 3.50. The van der Waals surface area contributed by atoms with Crippen LogP contribution in [0.4, 0.5) is 0 Å². The molecule has 1 aliphatic heterocycles. The summed E-state index contributed by atoms with van der Waals surface area (Å²) >= 11 is 0. The minimum absolute atomic E-state index is 0.00784. The van der Waals surface area contributed by atoms with Crippen LogP contribution in [0.3, 0.4) is 0 Å². The van der Waals surface area contributed by atoms with Gasteiger partial charge in [0.15, 0.2) is 0 Å². The zero-order valence-corrected chi connectivity index (χ0v) is 14.0. The zero-order valence-electron chi connectivity index (χ0n) is 14.0. The van der Waals surface area contributed by atoms with Crippen LogP contribution in [0.15, 0.2) is 65.9 Å². The van der Waals surface area contributed by atoms with E-state index >= 15 is 0 Å². The largest absolute Gasteiger partial charge is 0.457 e. The van der Waals surface area contributed by atoms with Gasteiger partial charge in [0.05, 0.1) is 0 Å². The number of carbonyl (C=O) groups is 2. The standard InChI is InChI=1S/C20H17NO5/c1-12-16(18(23)26-11-13-7-3-2-4-8-13)19(24)17(22)14-9-5-6-10-15(14)20(19,25)21-12/h2-10,21,24-25H,11H2,1H3/t19-,20+/m1/s1. The van der Waals surface area contributed by atoms with Crippen molar-refractivity contribution in [3.05, 3.63) is 82.6 Å². The van der Waals surface area contributed by atoms with Crippen molar-refractivity contribution >= 4 is 11.8 Å². The summed E-state index contributed by atoms with van der Waals surface area (Å²) in [7, 11) is 0. The quantitative estimate of drug-likeness (QED) is 0.723. The van der Waals surface area contributed by atoms with Gasteiger partial charge in [0.1, 0.15) is 12.2 Å². The fraction of sp³-hybridized carbons (Fsp3) is 0.200. The van der Waals surface area contributed by atoms with Gasteiger partial charge in [-0.1, -0.05) is 54.6 Å². The molecule has 2 aromatic rings. The van der Waals surface area contributed by atoms with Gasteiger partial charge in [0.25, 0.3) is 0 Å². The Morgan fingerprint density at radius 2 is 1.73 bits per heavy atom. The number of hydrogen-bond donors (Lipinski definition) is 3. The normalized spacial score (nSPS) is 26.3. The first-order valence-electron chi connectivity index (χ1n) is 8.19. The van der Waals surface area contributed by atoms with Crippen LogP contribution in [0.5, 0.6) is 0 Å². The number of benzene rings is 2. The second kappa shape index (κ2) is 5.52. The second-order valence-electron chi connectivity index (χ2n) is 6.48. The first kappa shape index (κ1) is 16.5. The molecule has 1 aliphatic carbocycles. The summed E-state index contributed by atoms with van der Waals surface area (Å²) in [6.07, 6.45) is 0. The maximum atomic E-state index is 12.8. The van der Waals surface area contributed by atoms with Gasteiger partial charge in [-0.2, -0.15) is 0 Å². The number of ether oxygens (including phenoxy) is 1. The molecule has 0 saturated heterocycles. The molecule has 6 heteroatoms. The molecule has 2 atom stereocenters. The van der Waals surface area contributed by atoms with Crippen molar-refractivity contribution in [1.82, 2.24) is 5.32 Å². The van der Waals surface area contributed by atoms with E-state index in [-0.39, 0.29) is 29.0 Å². The minimum atomic E-state index is -2.42. The molecule has 0 amide bonds. The lowest BCUT2D eigenvalue weighted by molar-refractivity contribution is -0.148. The summed E-state index contributed by atoms with van der Waals surface area (Å²) in [5, 5.41) is 24.9. The Morgan fingerprint density at radius 1 is 1.08 bits per heavy atom. The third-order valence-electron chi connectivity index (χ3n) is 4.94. The monoisotopic (exact) mass is 351 g/mol. The van der Waals surface area contributed by atoms with E-state index in [1.54, 1.807) is 30.3 Å². The van der Waals surface area contributed by atoms with E-state index in [0.717, 1.165) is 5.56 Å². The van der Waals surface area contributed by atoms with Gasteiger partial charge in [-0.05, 0) is 12.5 Å². The van der Waals surface area contributed by atoms with Gasteiger partial charge in [-0.15, -0.1) is 0 Å². The maximum absolute atomic E-state index is 12.8. The number of hydrogen-bond acceptors (Lipinski definition) is 6. The van der Waals surface area contributed by atoms with E-state index < -0.39 is 23.1 Å². The number of rotatable bonds is 3. The summed E-state index contributed by atoms with van der Waals surface area (Å²) in [5.74, 6) is -1.58. The lowest BCUT2D eigenvalue weighted by Gasteiger charge is -2.31. The van der Waals surface area contributed by atoms with Crippen LogP contribution in [-0.2, 0) is 21.9 Å². The fourth-order valence-electron chi connectivity index (χ4n) is 3.70. The number of fused-ring (bicyclic) bond motifs is 3. The third-order valence-corrected chi connectivity index (χ3v) is 4.94. The number of ketones is 1. The molecule has 0 unspecified atom stereocenters. The van der Waals surface area contributed by atoms with Crippen LogP contribution in [0.1, 0.15) is 28.4 Å². The van der Waals surface area contributed by atoms with E-state index in [2.05, 4.69) is 5.32 Å². The van der Waals surface area contributed by atoms with Crippen molar-refractivity contribution in [2.24, 2.45) is 0 Å². The Morgan fingerprint density at radius 3 is 2.46 bits per heavy atom. The fourth-order valence-corrected chi connectivity index (χ4v) is 3.70. The van der Waals surface area contributed by atoms with Gasteiger partial charge < -0.3 is 20.3 Å². The Labute approximate surface area is 149 Å². The zero-order chi connectivity index (χ0) is 18.5. The van der Waals surface area contributed by atoms with Crippen molar-refractivity contribution in [2.45, 2.75) is 24.9 Å². The van der Waals surface area contributed by atoms with Crippen molar-refractivity contribution in [3.8, 4) is 0 Å². The summed E-state index contributed by atoms with van der Waals surface area (Å²) in [5.41, 5.74) is -3.40.